The van der Waals surface area contributed by atoms with Crippen molar-refractivity contribution in [1.29, 1.82) is 0 Å². The average molecular weight is 333 g/mol. The zero-order chi connectivity index (χ0) is 17.6. The van der Waals surface area contributed by atoms with E-state index in [0.29, 0.717) is 11.1 Å². The van der Waals surface area contributed by atoms with Crippen LogP contribution in [0.3, 0.4) is 0 Å². The molecule has 0 aliphatic carbocycles. The molecule has 5 nitrogen and oxygen atoms in total. The molecule has 1 aliphatic rings. The Kier molecular flexibility index (Phi) is 4.95. The van der Waals surface area contributed by atoms with Crippen molar-refractivity contribution in [2.45, 2.75) is 0 Å². The first-order chi connectivity index (χ1) is 12.2. The summed E-state index contributed by atoms with van der Waals surface area (Å²) in [6, 6.07) is 16.6. The number of aliphatic carboxylic acids is 1. The highest BCUT2D eigenvalue weighted by molar-refractivity contribution is 6.25. The molecule has 1 heterocycles. The van der Waals surface area contributed by atoms with Gasteiger partial charge in [0, 0.05) is 12.2 Å². The molecule has 0 unspecified atom stereocenters. The second-order valence-electron chi connectivity index (χ2n) is 5.53. The van der Waals surface area contributed by atoms with Gasteiger partial charge in [-0.15, -0.1) is 0 Å². The smallest absolute Gasteiger partial charge is 0.336 e. The van der Waals surface area contributed by atoms with Gasteiger partial charge < -0.3 is 15.7 Å². The summed E-state index contributed by atoms with van der Waals surface area (Å²) < 4.78 is 0. The number of carboxylic acids is 1. The van der Waals surface area contributed by atoms with Gasteiger partial charge in [0.05, 0.1) is 12.1 Å². The fraction of sp³-hybridized carbons (Fsp3) is 0.100. The first-order valence-electron chi connectivity index (χ1n) is 8.00. The molecule has 0 amide bonds. The number of benzene rings is 2. The van der Waals surface area contributed by atoms with Crippen LogP contribution in [0.5, 0.6) is 0 Å². The third-order valence-corrected chi connectivity index (χ3v) is 3.86. The summed E-state index contributed by atoms with van der Waals surface area (Å²) in [5, 5.41) is 16.1. The number of allylic oxidation sites excluding steroid dienone is 2. The predicted molar refractivity (Wildman–Crippen MR) is 101 cm³/mol. The lowest BCUT2D eigenvalue weighted by atomic mass is 9.94. The standard InChI is InChI=1S/C20H19N3O2/c1-2-17(18(19(24)25)14-7-4-3-5-8-14)15-9-6-10-16(13-15)23-20-21-11-12-22-20/h2-10,13H,1,11-12H2,(H,24,25)(H2,21,22,23). The molecule has 0 spiro atoms. The summed E-state index contributed by atoms with van der Waals surface area (Å²) in [5.41, 5.74) is 3.06. The second-order valence-corrected chi connectivity index (χ2v) is 5.53. The van der Waals surface area contributed by atoms with Crippen LogP contribution < -0.4 is 10.6 Å². The third kappa shape index (κ3) is 3.77. The van der Waals surface area contributed by atoms with Crippen LogP contribution in [-0.2, 0) is 4.79 Å². The van der Waals surface area contributed by atoms with Gasteiger partial charge in [-0.3, -0.25) is 4.99 Å². The molecule has 0 bridgehead atoms. The summed E-state index contributed by atoms with van der Waals surface area (Å²) >= 11 is 0. The van der Waals surface area contributed by atoms with Crippen molar-refractivity contribution in [2.75, 3.05) is 18.4 Å². The maximum Gasteiger partial charge on any atom is 0.336 e. The molecule has 25 heavy (non-hydrogen) atoms. The number of carbonyl (C=O) groups is 1. The van der Waals surface area contributed by atoms with Crippen molar-refractivity contribution < 1.29 is 9.90 Å². The Hall–Kier alpha value is -3.34. The van der Waals surface area contributed by atoms with Crippen molar-refractivity contribution in [3.63, 3.8) is 0 Å². The van der Waals surface area contributed by atoms with Gasteiger partial charge in [0.15, 0.2) is 5.96 Å². The molecule has 3 N–H and O–H groups in total. The van der Waals surface area contributed by atoms with Crippen LogP contribution >= 0.6 is 0 Å². The largest absolute Gasteiger partial charge is 0.478 e. The van der Waals surface area contributed by atoms with Gasteiger partial charge in [0.2, 0.25) is 0 Å². The van der Waals surface area contributed by atoms with Gasteiger partial charge in [0.25, 0.3) is 0 Å². The summed E-state index contributed by atoms with van der Waals surface area (Å²) in [4.78, 5) is 16.2. The normalized spacial score (nSPS) is 14.2. The van der Waals surface area contributed by atoms with Crippen molar-refractivity contribution >= 4 is 28.8 Å². The zero-order valence-corrected chi connectivity index (χ0v) is 13.7. The van der Waals surface area contributed by atoms with Gasteiger partial charge in [-0.25, -0.2) is 4.79 Å². The highest BCUT2D eigenvalue weighted by Gasteiger charge is 2.16. The van der Waals surface area contributed by atoms with E-state index in [2.05, 4.69) is 22.2 Å². The fourth-order valence-corrected chi connectivity index (χ4v) is 2.75. The van der Waals surface area contributed by atoms with Gasteiger partial charge >= 0.3 is 5.97 Å². The number of anilines is 1. The molecule has 0 atom stereocenters. The Bertz CT molecular complexity index is 854. The van der Waals surface area contributed by atoms with Crippen LogP contribution in [0.2, 0.25) is 0 Å². The molecule has 5 heteroatoms. The molecule has 126 valence electrons. The van der Waals surface area contributed by atoms with E-state index in [-0.39, 0.29) is 5.57 Å². The van der Waals surface area contributed by atoms with Gasteiger partial charge in [-0.1, -0.05) is 55.1 Å². The molecule has 0 aromatic heterocycles. The molecule has 0 radical (unpaired) electrons. The lowest BCUT2D eigenvalue weighted by molar-refractivity contribution is -0.130. The SMILES string of the molecule is C=CC(=C(C(=O)O)c1ccccc1)c1cccc(NC2=NCCN2)c1. The average Bonchev–Trinajstić information content (AvgIpc) is 3.13. The van der Waals surface area contributed by atoms with Crippen molar-refractivity contribution in [3.05, 3.63) is 78.4 Å². The van der Waals surface area contributed by atoms with Crippen LogP contribution in [0.1, 0.15) is 11.1 Å². The van der Waals surface area contributed by atoms with Crippen LogP contribution in [0.25, 0.3) is 11.1 Å². The minimum absolute atomic E-state index is 0.226. The minimum Gasteiger partial charge on any atom is -0.478 e. The molecular formula is C20H19N3O2. The number of nitrogens with zero attached hydrogens (tertiary/aromatic N) is 1. The summed E-state index contributed by atoms with van der Waals surface area (Å²) in [6.45, 7) is 5.38. The number of rotatable bonds is 5. The van der Waals surface area contributed by atoms with E-state index < -0.39 is 5.97 Å². The highest BCUT2D eigenvalue weighted by atomic mass is 16.4. The Morgan fingerprint density at radius 3 is 2.56 bits per heavy atom. The number of guanidine groups is 1. The summed E-state index contributed by atoms with van der Waals surface area (Å²) in [5.74, 6) is -0.260. The summed E-state index contributed by atoms with van der Waals surface area (Å²) in [7, 11) is 0. The van der Waals surface area contributed by atoms with E-state index >= 15 is 0 Å². The van der Waals surface area contributed by atoms with Crippen LogP contribution in [0.15, 0.2) is 72.2 Å². The molecule has 0 fully saturated rings. The van der Waals surface area contributed by atoms with Crippen LogP contribution in [-0.4, -0.2) is 30.1 Å². The molecule has 2 aromatic carbocycles. The Morgan fingerprint density at radius 2 is 1.92 bits per heavy atom. The Morgan fingerprint density at radius 1 is 1.16 bits per heavy atom. The lowest BCUT2D eigenvalue weighted by Gasteiger charge is -2.12. The molecule has 0 saturated heterocycles. The predicted octanol–water partition coefficient (Wildman–Crippen LogP) is 3.24. The molecule has 2 aromatic rings. The highest BCUT2D eigenvalue weighted by Crippen LogP contribution is 2.29. The fourth-order valence-electron chi connectivity index (χ4n) is 2.75. The molecular weight excluding hydrogens is 314 g/mol. The first kappa shape index (κ1) is 16.5. The summed E-state index contributed by atoms with van der Waals surface area (Å²) in [6.07, 6.45) is 1.58. The molecule has 0 saturated carbocycles. The number of carboxylic acid groups (broad SMARTS) is 1. The van der Waals surface area contributed by atoms with Crippen LogP contribution in [0.4, 0.5) is 5.69 Å². The van der Waals surface area contributed by atoms with E-state index in [4.69, 9.17) is 0 Å². The number of hydrogen-bond acceptors (Lipinski definition) is 4. The Labute approximate surface area is 146 Å². The van der Waals surface area contributed by atoms with Crippen molar-refractivity contribution in [1.82, 2.24) is 5.32 Å². The zero-order valence-electron chi connectivity index (χ0n) is 13.7. The van der Waals surface area contributed by atoms with E-state index in [0.717, 1.165) is 30.3 Å². The van der Waals surface area contributed by atoms with Gasteiger partial charge in [-0.2, -0.15) is 0 Å². The van der Waals surface area contributed by atoms with E-state index in [1.807, 2.05) is 42.5 Å². The first-order valence-corrected chi connectivity index (χ1v) is 8.00. The monoisotopic (exact) mass is 333 g/mol. The second kappa shape index (κ2) is 7.49. The van der Waals surface area contributed by atoms with Crippen LogP contribution in [0, 0.1) is 0 Å². The van der Waals surface area contributed by atoms with E-state index in [1.165, 1.54) is 0 Å². The topological polar surface area (TPSA) is 73.7 Å². The number of nitrogens with one attached hydrogen (secondary N) is 2. The molecule has 1 aliphatic heterocycles. The third-order valence-electron chi connectivity index (χ3n) is 3.86. The lowest BCUT2D eigenvalue weighted by Crippen LogP contribution is -2.26. The number of aliphatic imine (C=N–C) groups is 1. The van der Waals surface area contributed by atoms with E-state index in [9.17, 15) is 9.90 Å². The minimum atomic E-state index is -0.985. The number of hydrogen-bond donors (Lipinski definition) is 3. The van der Waals surface area contributed by atoms with E-state index in [1.54, 1.807) is 18.2 Å². The Balaban J connectivity index is 2.04. The van der Waals surface area contributed by atoms with Gasteiger partial charge in [-0.05, 0) is 28.8 Å². The van der Waals surface area contributed by atoms with Crippen molar-refractivity contribution in [3.8, 4) is 0 Å². The van der Waals surface area contributed by atoms with Gasteiger partial charge in [0.1, 0.15) is 0 Å². The quantitative estimate of drug-likeness (QED) is 0.446. The maximum absolute atomic E-state index is 11.9. The molecule has 3 rings (SSSR count). The maximum atomic E-state index is 11.9. The van der Waals surface area contributed by atoms with Crippen molar-refractivity contribution in [2.24, 2.45) is 4.99 Å².